The third-order valence-electron chi connectivity index (χ3n) is 4.08. The fourth-order valence-corrected chi connectivity index (χ4v) is 2.68. The van der Waals surface area contributed by atoms with Crippen molar-refractivity contribution >= 4 is 5.91 Å². The molecule has 106 valence electrons. The summed E-state index contributed by atoms with van der Waals surface area (Å²) in [6, 6.07) is 0.430. The van der Waals surface area contributed by atoms with Crippen molar-refractivity contribution < 1.29 is 4.79 Å². The van der Waals surface area contributed by atoms with Crippen molar-refractivity contribution in [2.75, 3.05) is 0 Å². The highest BCUT2D eigenvalue weighted by atomic mass is 16.2. The molecule has 0 heterocycles. The first-order valence-electron chi connectivity index (χ1n) is 7.74. The summed E-state index contributed by atoms with van der Waals surface area (Å²) >= 11 is 0. The van der Waals surface area contributed by atoms with Gasteiger partial charge >= 0.3 is 0 Å². The Bertz CT molecular complexity index is 246. The van der Waals surface area contributed by atoms with Gasteiger partial charge < -0.3 is 5.32 Å². The monoisotopic (exact) mass is 253 g/mol. The molecule has 18 heavy (non-hydrogen) atoms. The predicted molar refractivity (Wildman–Crippen MR) is 77.5 cm³/mol. The molecular formula is C16H31NO. The van der Waals surface area contributed by atoms with E-state index in [1.165, 1.54) is 51.4 Å². The summed E-state index contributed by atoms with van der Waals surface area (Å²) in [4.78, 5) is 11.9. The average Bonchev–Trinajstić information content (AvgIpc) is 2.30. The highest BCUT2D eigenvalue weighted by Crippen LogP contribution is 2.29. The van der Waals surface area contributed by atoms with Crippen molar-refractivity contribution in [1.29, 1.82) is 0 Å². The largest absolute Gasteiger partial charge is 0.353 e. The van der Waals surface area contributed by atoms with E-state index in [9.17, 15) is 4.79 Å². The van der Waals surface area contributed by atoms with Crippen LogP contribution in [0.3, 0.4) is 0 Å². The summed E-state index contributed by atoms with van der Waals surface area (Å²) in [6.45, 7) is 8.22. The van der Waals surface area contributed by atoms with Gasteiger partial charge in [0.15, 0.2) is 0 Å². The van der Waals surface area contributed by atoms with Crippen molar-refractivity contribution in [1.82, 2.24) is 5.32 Å². The fourth-order valence-electron chi connectivity index (χ4n) is 2.68. The summed E-state index contributed by atoms with van der Waals surface area (Å²) in [7, 11) is 0. The molecule has 1 rings (SSSR count). The van der Waals surface area contributed by atoms with Crippen LogP contribution < -0.4 is 5.32 Å². The van der Waals surface area contributed by atoms with Crippen molar-refractivity contribution in [3.05, 3.63) is 0 Å². The number of unbranched alkanes of at least 4 members (excludes halogenated alkanes) is 2. The lowest BCUT2D eigenvalue weighted by molar-refractivity contribution is -0.129. The Kier molecular flexibility index (Phi) is 6.17. The summed E-state index contributed by atoms with van der Waals surface area (Å²) in [6.07, 6.45) is 10.4. The molecular weight excluding hydrogens is 222 g/mol. The van der Waals surface area contributed by atoms with Crippen LogP contribution in [0.2, 0.25) is 0 Å². The second-order valence-electron chi connectivity index (χ2n) is 6.94. The maximum absolute atomic E-state index is 11.9. The summed E-state index contributed by atoms with van der Waals surface area (Å²) in [5, 5.41) is 3.21. The number of rotatable bonds is 5. The summed E-state index contributed by atoms with van der Waals surface area (Å²) in [5.41, 5.74) is -0.252. The van der Waals surface area contributed by atoms with Gasteiger partial charge in [-0.1, -0.05) is 53.4 Å². The minimum atomic E-state index is -0.252. The molecule has 1 fully saturated rings. The van der Waals surface area contributed by atoms with Gasteiger partial charge in [0.05, 0.1) is 0 Å². The van der Waals surface area contributed by atoms with E-state index in [-0.39, 0.29) is 11.3 Å². The van der Waals surface area contributed by atoms with E-state index in [1.807, 2.05) is 20.8 Å². The topological polar surface area (TPSA) is 29.1 Å². The quantitative estimate of drug-likeness (QED) is 0.728. The van der Waals surface area contributed by atoms with Gasteiger partial charge in [0.2, 0.25) is 5.91 Å². The first-order valence-corrected chi connectivity index (χ1v) is 7.74. The van der Waals surface area contributed by atoms with Crippen molar-refractivity contribution in [3.8, 4) is 0 Å². The van der Waals surface area contributed by atoms with Crippen LogP contribution in [0.15, 0.2) is 0 Å². The molecule has 0 aliphatic heterocycles. The van der Waals surface area contributed by atoms with Gasteiger partial charge in [0.1, 0.15) is 0 Å². The van der Waals surface area contributed by atoms with Gasteiger partial charge in [-0.05, 0) is 31.6 Å². The van der Waals surface area contributed by atoms with Crippen LogP contribution in [0.5, 0.6) is 0 Å². The molecule has 1 N–H and O–H groups in total. The second-order valence-corrected chi connectivity index (χ2v) is 6.94. The first kappa shape index (κ1) is 15.5. The van der Waals surface area contributed by atoms with E-state index in [0.717, 1.165) is 5.92 Å². The van der Waals surface area contributed by atoms with Crippen LogP contribution in [-0.4, -0.2) is 11.9 Å². The Morgan fingerprint density at radius 3 is 2.22 bits per heavy atom. The maximum atomic E-state index is 11.9. The van der Waals surface area contributed by atoms with Gasteiger partial charge in [-0.2, -0.15) is 0 Å². The molecule has 1 aliphatic rings. The Morgan fingerprint density at radius 2 is 1.72 bits per heavy atom. The zero-order chi connectivity index (χ0) is 13.6. The Hall–Kier alpha value is -0.530. The molecule has 2 nitrogen and oxygen atoms in total. The number of amides is 1. The summed E-state index contributed by atoms with van der Waals surface area (Å²) < 4.78 is 0. The summed E-state index contributed by atoms with van der Waals surface area (Å²) in [5.74, 6) is 1.12. The number of carbonyl (C=O) groups is 1. The Morgan fingerprint density at radius 1 is 1.11 bits per heavy atom. The zero-order valence-electron chi connectivity index (χ0n) is 12.7. The van der Waals surface area contributed by atoms with Crippen LogP contribution in [-0.2, 0) is 4.79 Å². The highest BCUT2D eigenvalue weighted by molar-refractivity contribution is 5.81. The minimum absolute atomic E-state index is 0.205. The molecule has 0 bridgehead atoms. The van der Waals surface area contributed by atoms with Crippen molar-refractivity contribution in [3.63, 3.8) is 0 Å². The molecule has 0 radical (unpaired) electrons. The van der Waals surface area contributed by atoms with E-state index < -0.39 is 0 Å². The third kappa shape index (κ3) is 5.41. The molecule has 1 amide bonds. The van der Waals surface area contributed by atoms with Gasteiger partial charge in [-0.3, -0.25) is 4.79 Å². The predicted octanol–water partition coefficient (Wildman–Crippen LogP) is 4.29. The minimum Gasteiger partial charge on any atom is -0.353 e. The van der Waals surface area contributed by atoms with Gasteiger partial charge in [-0.25, -0.2) is 0 Å². The van der Waals surface area contributed by atoms with Crippen LogP contribution in [0, 0.1) is 11.3 Å². The van der Waals surface area contributed by atoms with Gasteiger partial charge in [0.25, 0.3) is 0 Å². The smallest absolute Gasteiger partial charge is 0.225 e. The lowest BCUT2D eigenvalue weighted by atomic mass is 9.82. The Labute approximate surface area is 113 Å². The van der Waals surface area contributed by atoms with E-state index in [2.05, 4.69) is 12.2 Å². The molecule has 0 unspecified atom stereocenters. The molecule has 1 saturated carbocycles. The number of hydrogen-bond acceptors (Lipinski definition) is 1. The molecule has 0 spiro atoms. The Balaban J connectivity index is 2.21. The number of nitrogens with one attached hydrogen (secondary N) is 1. The van der Waals surface area contributed by atoms with Crippen molar-refractivity contribution in [2.45, 2.75) is 85.1 Å². The molecule has 0 saturated heterocycles. The normalized spacial score (nSPS) is 24.9. The van der Waals surface area contributed by atoms with Gasteiger partial charge in [-0.15, -0.1) is 0 Å². The van der Waals surface area contributed by atoms with Gasteiger partial charge in [0, 0.05) is 11.5 Å². The molecule has 0 aromatic rings. The third-order valence-corrected chi connectivity index (χ3v) is 4.08. The fraction of sp³-hybridized carbons (Fsp3) is 0.938. The molecule has 0 atom stereocenters. The SMILES string of the molecule is CCCCCC1CCC(NC(=O)C(C)(C)C)CC1. The molecule has 1 aliphatic carbocycles. The van der Waals surface area contributed by atoms with E-state index >= 15 is 0 Å². The van der Waals surface area contributed by atoms with Crippen LogP contribution in [0.4, 0.5) is 0 Å². The lowest BCUT2D eigenvalue weighted by Crippen LogP contribution is -2.43. The van der Waals surface area contributed by atoms with Crippen LogP contribution in [0.25, 0.3) is 0 Å². The zero-order valence-corrected chi connectivity index (χ0v) is 12.7. The molecule has 0 aromatic heterocycles. The lowest BCUT2D eigenvalue weighted by Gasteiger charge is -2.31. The standard InChI is InChI=1S/C16H31NO/c1-5-6-7-8-13-9-11-14(12-10-13)17-15(18)16(2,3)4/h13-14H,5-12H2,1-4H3,(H,17,18). The average molecular weight is 253 g/mol. The van der Waals surface area contributed by atoms with E-state index in [4.69, 9.17) is 0 Å². The van der Waals surface area contributed by atoms with Crippen LogP contribution in [0.1, 0.15) is 79.1 Å². The van der Waals surface area contributed by atoms with E-state index in [0.29, 0.717) is 6.04 Å². The second kappa shape index (κ2) is 7.16. The first-order chi connectivity index (χ1) is 8.43. The number of hydrogen-bond donors (Lipinski definition) is 1. The van der Waals surface area contributed by atoms with E-state index in [1.54, 1.807) is 0 Å². The maximum Gasteiger partial charge on any atom is 0.225 e. The highest BCUT2D eigenvalue weighted by Gasteiger charge is 2.26. The van der Waals surface area contributed by atoms with Crippen LogP contribution >= 0.6 is 0 Å². The molecule has 2 heteroatoms. The number of carbonyl (C=O) groups excluding carboxylic acids is 1. The van der Waals surface area contributed by atoms with Crippen molar-refractivity contribution in [2.24, 2.45) is 11.3 Å². The molecule has 0 aromatic carbocycles.